The van der Waals surface area contributed by atoms with Gasteiger partial charge in [-0.15, -0.1) is 11.8 Å². The van der Waals surface area contributed by atoms with E-state index in [2.05, 4.69) is 17.6 Å². The number of rotatable bonds is 8. The van der Waals surface area contributed by atoms with Gasteiger partial charge in [0.2, 0.25) is 0 Å². The predicted molar refractivity (Wildman–Crippen MR) is 129 cm³/mol. The third kappa shape index (κ3) is 7.61. The first-order chi connectivity index (χ1) is 14.1. The van der Waals surface area contributed by atoms with Gasteiger partial charge in [0.25, 0.3) is 0 Å². The number of thiocarbonyl (C=S) groups is 1. The van der Waals surface area contributed by atoms with Crippen molar-refractivity contribution >= 4 is 46.4 Å². The highest BCUT2D eigenvalue weighted by atomic mass is 35.5. The normalized spacial score (nSPS) is 11.5. The van der Waals surface area contributed by atoms with Crippen LogP contribution in [-0.4, -0.2) is 17.4 Å². The summed E-state index contributed by atoms with van der Waals surface area (Å²) in [6, 6.07) is 25.4. The summed E-state index contributed by atoms with van der Waals surface area (Å²) in [6.45, 7) is 3.01. The van der Waals surface area contributed by atoms with Gasteiger partial charge in [-0.25, -0.2) is 0 Å². The van der Waals surface area contributed by atoms with Crippen LogP contribution in [0.3, 0.4) is 0 Å². The number of thioether (sulfide) groups is 1. The van der Waals surface area contributed by atoms with Crippen LogP contribution in [0, 0.1) is 5.92 Å². The fraction of sp³-hybridized carbons (Fsp3) is 0.174. The highest BCUT2D eigenvalue weighted by molar-refractivity contribution is 7.99. The Morgan fingerprint density at radius 1 is 0.966 bits per heavy atom. The van der Waals surface area contributed by atoms with E-state index in [9.17, 15) is 0 Å². The Hall–Kier alpha value is -2.21. The summed E-state index contributed by atoms with van der Waals surface area (Å²) in [5.41, 5.74) is 0.922. The third-order valence-corrected chi connectivity index (χ3v) is 5.89. The highest BCUT2D eigenvalue weighted by Crippen LogP contribution is 2.23. The van der Waals surface area contributed by atoms with E-state index in [1.54, 1.807) is 0 Å². The molecule has 0 aromatic heterocycles. The summed E-state index contributed by atoms with van der Waals surface area (Å²) in [4.78, 5) is 1.22. The Bertz CT molecular complexity index is 902. The van der Waals surface area contributed by atoms with Crippen LogP contribution in [0.25, 0.3) is 0 Å². The number of hydrogen-bond donors (Lipinski definition) is 2. The second-order valence-corrected chi connectivity index (χ2v) is 8.58. The average Bonchev–Trinajstić information content (AvgIpc) is 2.74. The first-order valence-electron chi connectivity index (χ1n) is 9.34. The Morgan fingerprint density at radius 3 is 2.31 bits per heavy atom. The topological polar surface area (TPSA) is 33.3 Å². The molecule has 3 nitrogen and oxygen atoms in total. The van der Waals surface area contributed by atoms with Crippen LogP contribution in [0.1, 0.15) is 6.92 Å². The van der Waals surface area contributed by atoms with Crippen LogP contribution in [0.15, 0.2) is 83.8 Å². The van der Waals surface area contributed by atoms with Gasteiger partial charge in [-0.1, -0.05) is 36.7 Å². The number of ether oxygens (including phenoxy) is 1. The summed E-state index contributed by atoms with van der Waals surface area (Å²) >= 11 is 13.2. The van der Waals surface area contributed by atoms with Crippen LogP contribution in [0.2, 0.25) is 5.02 Å². The minimum Gasteiger partial charge on any atom is -0.457 e. The molecular formula is C23H23ClN2OS2. The molecule has 1 atom stereocenters. The molecule has 3 rings (SSSR count). The van der Waals surface area contributed by atoms with Gasteiger partial charge in [-0.2, -0.15) is 0 Å². The zero-order chi connectivity index (χ0) is 20.5. The minimum absolute atomic E-state index is 0.470. The lowest BCUT2D eigenvalue weighted by atomic mass is 10.2. The molecular weight excluding hydrogens is 420 g/mol. The lowest BCUT2D eigenvalue weighted by molar-refractivity contribution is 0.483. The lowest BCUT2D eigenvalue weighted by Crippen LogP contribution is -2.32. The van der Waals surface area contributed by atoms with Crippen molar-refractivity contribution in [1.82, 2.24) is 5.32 Å². The minimum atomic E-state index is 0.470. The molecule has 0 aliphatic rings. The molecule has 3 aromatic rings. The smallest absolute Gasteiger partial charge is 0.170 e. The summed E-state index contributed by atoms with van der Waals surface area (Å²) in [5.74, 6) is 3.07. The van der Waals surface area contributed by atoms with E-state index in [-0.39, 0.29) is 0 Å². The first-order valence-corrected chi connectivity index (χ1v) is 11.1. The molecule has 6 heteroatoms. The van der Waals surface area contributed by atoms with Crippen molar-refractivity contribution in [2.24, 2.45) is 5.92 Å². The van der Waals surface area contributed by atoms with Gasteiger partial charge in [0, 0.05) is 27.9 Å². The number of para-hydroxylation sites is 1. The largest absolute Gasteiger partial charge is 0.457 e. The molecule has 0 radical (unpaired) electrons. The Balaban J connectivity index is 1.39. The number of anilines is 1. The van der Waals surface area contributed by atoms with E-state index in [1.165, 1.54) is 4.90 Å². The molecule has 0 aliphatic carbocycles. The molecule has 29 heavy (non-hydrogen) atoms. The van der Waals surface area contributed by atoms with E-state index in [0.29, 0.717) is 11.0 Å². The van der Waals surface area contributed by atoms with Crippen LogP contribution in [0.5, 0.6) is 11.5 Å². The van der Waals surface area contributed by atoms with Gasteiger partial charge in [0.05, 0.1) is 0 Å². The number of hydrogen-bond acceptors (Lipinski definition) is 3. The average molecular weight is 443 g/mol. The van der Waals surface area contributed by atoms with E-state index in [4.69, 9.17) is 28.6 Å². The van der Waals surface area contributed by atoms with Crippen LogP contribution < -0.4 is 15.4 Å². The molecule has 3 aromatic carbocycles. The van der Waals surface area contributed by atoms with Gasteiger partial charge >= 0.3 is 0 Å². The summed E-state index contributed by atoms with van der Waals surface area (Å²) in [6.07, 6.45) is 0. The first kappa shape index (κ1) is 21.5. The number of halogens is 1. The maximum absolute atomic E-state index is 5.92. The molecule has 0 spiro atoms. The highest BCUT2D eigenvalue weighted by Gasteiger charge is 2.06. The summed E-state index contributed by atoms with van der Waals surface area (Å²) < 4.78 is 5.80. The molecule has 0 fully saturated rings. The second kappa shape index (κ2) is 11.1. The van der Waals surface area contributed by atoms with E-state index >= 15 is 0 Å². The number of nitrogens with one attached hydrogen (secondary N) is 2. The van der Waals surface area contributed by atoms with Crippen molar-refractivity contribution in [1.29, 1.82) is 0 Å². The molecule has 2 N–H and O–H groups in total. The van der Waals surface area contributed by atoms with Crippen molar-refractivity contribution in [2.45, 2.75) is 11.8 Å². The Morgan fingerprint density at radius 2 is 1.62 bits per heavy atom. The van der Waals surface area contributed by atoms with E-state index < -0.39 is 0 Å². The van der Waals surface area contributed by atoms with Crippen molar-refractivity contribution in [2.75, 3.05) is 17.6 Å². The van der Waals surface area contributed by atoms with Crippen molar-refractivity contribution in [3.05, 3.63) is 83.9 Å². The maximum atomic E-state index is 5.92. The molecule has 0 aliphatic heterocycles. The van der Waals surface area contributed by atoms with Crippen LogP contribution in [0.4, 0.5) is 5.69 Å². The fourth-order valence-corrected chi connectivity index (χ4v) is 3.75. The SMILES string of the molecule is C[C@H](CNC(=S)Nc1ccc(Oc2ccccc2)cc1)CSc1ccc(Cl)cc1. The standard InChI is InChI=1S/C23H23ClN2OS2/c1-17(16-29-22-13-7-18(24)8-14-22)15-25-23(28)26-19-9-11-21(12-10-19)27-20-5-3-2-4-6-20/h2-14,17H,15-16H2,1H3,(H2,25,26,28)/t17-/m1/s1. The molecule has 0 unspecified atom stereocenters. The van der Waals surface area contributed by atoms with Crippen LogP contribution >= 0.6 is 35.6 Å². The molecule has 0 saturated carbocycles. The molecule has 150 valence electrons. The number of benzene rings is 3. The molecule has 0 heterocycles. The Kier molecular flexibility index (Phi) is 8.23. The van der Waals surface area contributed by atoms with Crippen molar-refractivity contribution in [3.8, 4) is 11.5 Å². The zero-order valence-corrected chi connectivity index (χ0v) is 18.5. The lowest BCUT2D eigenvalue weighted by Gasteiger charge is -2.15. The Labute approximate surface area is 186 Å². The quantitative estimate of drug-likeness (QED) is 0.294. The molecule has 0 amide bonds. The van der Waals surface area contributed by atoms with Crippen molar-refractivity contribution in [3.63, 3.8) is 0 Å². The molecule has 0 bridgehead atoms. The fourth-order valence-electron chi connectivity index (χ4n) is 2.50. The summed E-state index contributed by atoms with van der Waals surface area (Å²) in [7, 11) is 0. The van der Waals surface area contributed by atoms with Gasteiger partial charge < -0.3 is 15.4 Å². The van der Waals surface area contributed by atoms with Gasteiger partial charge in [-0.3, -0.25) is 0 Å². The maximum Gasteiger partial charge on any atom is 0.170 e. The van der Waals surface area contributed by atoms with Crippen molar-refractivity contribution < 1.29 is 4.74 Å². The summed E-state index contributed by atoms with van der Waals surface area (Å²) in [5, 5.41) is 7.88. The van der Waals surface area contributed by atoms with Crippen LogP contribution in [-0.2, 0) is 0 Å². The zero-order valence-electron chi connectivity index (χ0n) is 16.1. The monoisotopic (exact) mass is 442 g/mol. The van der Waals surface area contributed by atoms with Gasteiger partial charge in [0.15, 0.2) is 5.11 Å². The second-order valence-electron chi connectivity index (χ2n) is 6.64. The third-order valence-electron chi connectivity index (χ3n) is 4.05. The van der Waals surface area contributed by atoms with E-state index in [1.807, 2.05) is 90.6 Å². The predicted octanol–water partition coefficient (Wildman–Crippen LogP) is 6.85. The van der Waals surface area contributed by atoms with E-state index in [0.717, 1.165) is 34.5 Å². The van der Waals surface area contributed by atoms with Gasteiger partial charge in [0.1, 0.15) is 11.5 Å². The molecule has 0 saturated heterocycles. The van der Waals surface area contributed by atoms with Gasteiger partial charge in [-0.05, 0) is 78.8 Å².